The zero-order valence-electron chi connectivity index (χ0n) is 16.7. The Bertz CT molecular complexity index is 1010. The van der Waals surface area contributed by atoms with Crippen LogP contribution in [0.1, 0.15) is 41.0 Å². The SMILES string of the molecule is COc1ccc(Cl)c(-n2nc(C=O)cc2Cc2ccc(OC3CCCCO3)cc2)c1. The van der Waals surface area contributed by atoms with Crippen molar-refractivity contribution < 1.29 is 19.0 Å². The number of carbonyl (C=O) groups excluding carboxylic acids is 1. The number of aldehydes is 1. The van der Waals surface area contributed by atoms with E-state index in [1.54, 1.807) is 36.1 Å². The van der Waals surface area contributed by atoms with Crippen molar-refractivity contribution in [2.75, 3.05) is 13.7 Å². The second kappa shape index (κ2) is 9.32. The van der Waals surface area contributed by atoms with E-state index in [0.717, 1.165) is 49.2 Å². The van der Waals surface area contributed by atoms with Crippen LogP contribution in [0.4, 0.5) is 0 Å². The minimum absolute atomic E-state index is 0.170. The van der Waals surface area contributed by atoms with E-state index in [0.29, 0.717) is 28.6 Å². The maximum atomic E-state index is 11.3. The average Bonchev–Trinajstić information content (AvgIpc) is 3.19. The van der Waals surface area contributed by atoms with Gasteiger partial charge >= 0.3 is 0 Å². The number of carbonyl (C=O) groups is 1. The molecule has 2 heterocycles. The summed E-state index contributed by atoms with van der Waals surface area (Å²) in [6.07, 6.45) is 4.27. The van der Waals surface area contributed by atoms with E-state index in [2.05, 4.69) is 5.10 Å². The smallest absolute Gasteiger partial charge is 0.199 e. The van der Waals surface area contributed by atoms with E-state index in [1.165, 1.54) is 0 Å². The summed E-state index contributed by atoms with van der Waals surface area (Å²) >= 11 is 6.40. The van der Waals surface area contributed by atoms with Crippen LogP contribution in [0.3, 0.4) is 0 Å². The quantitative estimate of drug-likeness (QED) is 0.506. The topological polar surface area (TPSA) is 62.6 Å². The Hall–Kier alpha value is -2.83. The molecule has 156 valence electrons. The molecular formula is C23H23ClN2O4. The first-order chi connectivity index (χ1) is 14.7. The van der Waals surface area contributed by atoms with Gasteiger partial charge in [0, 0.05) is 24.6 Å². The number of benzene rings is 2. The molecule has 1 atom stereocenters. The molecule has 1 fully saturated rings. The number of ether oxygens (including phenoxy) is 3. The van der Waals surface area contributed by atoms with Gasteiger partial charge in [-0.05, 0) is 48.7 Å². The standard InChI is InChI=1S/C23H23ClN2O4/c1-28-20-9-10-21(24)22(14-20)26-18(13-17(15-27)25-26)12-16-5-7-19(8-6-16)30-23-4-2-3-11-29-23/h5-10,13-15,23H,2-4,11-12H2,1H3. The van der Waals surface area contributed by atoms with Crippen LogP contribution >= 0.6 is 11.6 Å². The zero-order valence-corrected chi connectivity index (χ0v) is 17.5. The molecule has 30 heavy (non-hydrogen) atoms. The van der Waals surface area contributed by atoms with Crippen molar-refractivity contribution in [2.24, 2.45) is 0 Å². The van der Waals surface area contributed by atoms with Gasteiger partial charge in [-0.2, -0.15) is 5.10 Å². The molecule has 1 aliphatic heterocycles. The highest BCUT2D eigenvalue weighted by atomic mass is 35.5. The molecule has 0 aliphatic carbocycles. The molecule has 0 amide bonds. The predicted molar refractivity (Wildman–Crippen MR) is 114 cm³/mol. The van der Waals surface area contributed by atoms with E-state index < -0.39 is 0 Å². The van der Waals surface area contributed by atoms with Crippen molar-refractivity contribution in [1.29, 1.82) is 0 Å². The summed E-state index contributed by atoms with van der Waals surface area (Å²) in [5, 5.41) is 4.92. The minimum Gasteiger partial charge on any atom is -0.497 e. The Balaban J connectivity index is 1.56. The molecule has 1 aliphatic rings. The molecule has 3 aromatic rings. The van der Waals surface area contributed by atoms with Gasteiger partial charge in [0.25, 0.3) is 0 Å². The van der Waals surface area contributed by atoms with Crippen LogP contribution < -0.4 is 9.47 Å². The molecule has 0 radical (unpaired) electrons. The van der Waals surface area contributed by atoms with Crippen LogP contribution in [0.2, 0.25) is 5.02 Å². The van der Waals surface area contributed by atoms with Crippen LogP contribution in [0, 0.1) is 0 Å². The first-order valence-electron chi connectivity index (χ1n) is 9.91. The van der Waals surface area contributed by atoms with E-state index in [9.17, 15) is 4.79 Å². The number of aromatic nitrogens is 2. The lowest BCUT2D eigenvalue weighted by atomic mass is 10.1. The van der Waals surface area contributed by atoms with Crippen molar-refractivity contribution in [3.63, 3.8) is 0 Å². The van der Waals surface area contributed by atoms with Crippen molar-refractivity contribution >= 4 is 17.9 Å². The maximum absolute atomic E-state index is 11.3. The van der Waals surface area contributed by atoms with Gasteiger partial charge in [0.1, 0.15) is 17.2 Å². The highest BCUT2D eigenvalue weighted by molar-refractivity contribution is 6.32. The fourth-order valence-corrected chi connectivity index (χ4v) is 3.66. The van der Waals surface area contributed by atoms with Gasteiger partial charge in [-0.15, -0.1) is 0 Å². The van der Waals surface area contributed by atoms with E-state index in [1.807, 2.05) is 24.3 Å². The fraction of sp³-hybridized carbons (Fsp3) is 0.304. The third kappa shape index (κ3) is 4.66. The summed E-state index contributed by atoms with van der Waals surface area (Å²) < 4.78 is 18.5. The summed E-state index contributed by atoms with van der Waals surface area (Å²) in [6.45, 7) is 0.749. The molecule has 1 aromatic heterocycles. The number of methoxy groups -OCH3 is 1. The first kappa shape index (κ1) is 20.4. The highest BCUT2D eigenvalue weighted by Crippen LogP contribution is 2.28. The van der Waals surface area contributed by atoms with Gasteiger partial charge in [0.2, 0.25) is 0 Å². The molecule has 1 saturated heterocycles. The highest BCUT2D eigenvalue weighted by Gasteiger charge is 2.16. The van der Waals surface area contributed by atoms with Gasteiger partial charge < -0.3 is 14.2 Å². The Morgan fingerprint density at radius 1 is 1.17 bits per heavy atom. The Morgan fingerprint density at radius 2 is 1.97 bits per heavy atom. The lowest BCUT2D eigenvalue weighted by molar-refractivity contribution is -0.105. The summed E-state index contributed by atoms with van der Waals surface area (Å²) in [7, 11) is 1.59. The summed E-state index contributed by atoms with van der Waals surface area (Å²) in [5.41, 5.74) is 2.91. The van der Waals surface area contributed by atoms with Crippen LogP contribution in [0.25, 0.3) is 5.69 Å². The van der Waals surface area contributed by atoms with Gasteiger partial charge in [-0.1, -0.05) is 23.7 Å². The molecule has 4 rings (SSSR count). The third-order valence-electron chi connectivity index (χ3n) is 5.02. The number of nitrogens with zero attached hydrogens (tertiary/aromatic N) is 2. The molecule has 1 unspecified atom stereocenters. The van der Waals surface area contributed by atoms with Gasteiger partial charge in [0.05, 0.1) is 24.4 Å². The monoisotopic (exact) mass is 426 g/mol. The van der Waals surface area contributed by atoms with Crippen LogP contribution in [-0.2, 0) is 11.2 Å². The maximum Gasteiger partial charge on any atom is 0.199 e. The lowest BCUT2D eigenvalue weighted by Gasteiger charge is -2.23. The lowest BCUT2D eigenvalue weighted by Crippen LogP contribution is -2.24. The number of rotatable bonds is 7. The largest absolute Gasteiger partial charge is 0.497 e. The Kier molecular flexibility index (Phi) is 6.35. The first-order valence-corrected chi connectivity index (χ1v) is 10.3. The van der Waals surface area contributed by atoms with E-state index >= 15 is 0 Å². The van der Waals surface area contributed by atoms with E-state index in [4.69, 9.17) is 25.8 Å². The molecule has 7 heteroatoms. The van der Waals surface area contributed by atoms with E-state index in [-0.39, 0.29) is 6.29 Å². The second-order valence-electron chi connectivity index (χ2n) is 7.14. The zero-order chi connectivity index (χ0) is 20.9. The summed E-state index contributed by atoms with van der Waals surface area (Å²) in [5.74, 6) is 1.44. The van der Waals surface area contributed by atoms with Crippen LogP contribution in [-0.4, -0.2) is 36.1 Å². The number of halogens is 1. The Morgan fingerprint density at radius 3 is 2.67 bits per heavy atom. The number of hydrogen-bond acceptors (Lipinski definition) is 5. The molecule has 0 spiro atoms. The number of hydrogen-bond donors (Lipinski definition) is 0. The molecule has 6 nitrogen and oxygen atoms in total. The van der Waals surface area contributed by atoms with Gasteiger partial charge in [0.15, 0.2) is 12.6 Å². The Labute approximate surface area is 180 Å². The predicted octanol–water partition coefficient (Wildman–Crippen LogP) is 4.84. The minimum atomic E-state index is -0.170. The molecule has 0 bridgehead atoms. The average molecular weight is 427 g/mol. The molecule has 0 N–H and O–H groups in total. The van der Waals surface area contributed by atoms with Crippen LogP contribution in [0.5, 0.6) is 11.5 Å². The molecular weight excluding hydrogens is 404 g/mol. The molecule has 2 aromatic carbocycles. The van der Waals surface area contributed by atoms with Crippen molar-refractivity contribution in [3.8, 4) is 17.2 Å². The third-order valence-corrected chi connectivity index (χ3v) is 5.34. The molecule has 0 saturated carbocycles. The fourth-order valence-electron chi connectivity index (χ4n) is 3.47. The van der Waals surface area contributed by atoms with Crippen molar-refractivity contribution in [2.45, 2.75) is 32.0 Å². The van der Waals surface area contributed by atoms with Crippen molar-refractivity contribution in [1.82, 2.24) is 9.78 Å². The summed E-state index contributed by atoms with van der Waals surface area (Å²) in [6, 6.07) is 15.0. The van der Waals surface area contributed by atoms with Crippen LogP contribution in [0.15, 0.2) is 48.5 Å². The normalized spacial score (nSPS) is 16.3. The van der Waals surface area contributed by atoms with Gasteiger partial charge in [-0.25, -0.2) is 4.68 Å². The van der Waals surface area contributed by atoms with Crippen molar-refractivity contribution in [3.05, 3.63) is 70.5 Å². The second-order valence-corrected chi connectivity index (χ2v) is 7.55. The van der Waals surface area contributed by atoms with Gasteiger partial charge in [-0.3, -0.25) is 4.79 Å². The summed E-state index contributed by atoms with van der Waals surface area (Å²) in [4.78, 5) is 11.3.